The summed E-state index contributed by atoms with van der Waals surface area (Å²) in [6.45, 7) is 4.51. The lowest BCUT2D eigenvalue weighted by atomic mass is 9.75. The van der Waals surface area contributed by atoms with Crippen molar-refractivity contribution >= 4 is 0 Å². The number of aromatic nitrogens is 2. The van der Waals surface area contributed by atoms with E-state index in [9.17, 15) is 5.11 Å². The number of hydrogen-bond acceptors (Lipinski definition) is 4. The molecule has 4 saturated heterocycles. The van der Waals surface area contributed by atoms with Crippen molar-refractivity contribution in [1.82, 2.24) is 19.4 Å². The summed E-state index contributed by atoms with van der Waals surface area (Å²) in [6.07, 6.45) is 6.55. The lowest BCUT2D eigenvalue weighted by molar-refractivity contribution is -0.00917. The number of aromatic hydroxyl groups is 1. The molecule has 6 rings (SSSR count). The van der Waals surface area contributed by atoms with Gasteiger partial charge in [0.2, 0.25) is 0 Å². The third-order valence-corrected chi connectivity index (χ3v) is 6.67. The van der Waals surface area contributed by atoms with E-state index in [1.165, 1.54) is 37.2 Å². The summed E-state index contributed by atoms with van der Waals surface area (Å²) < 4.78 is 2.14. The van der Waals surface area contributed by atoms with Gasteiger partial charge in [-0.3, -0.25) is 9.80 Å². The van der Waals surface area contributed by atoms with Gasteiger partial charge in [-0.05, 0) is 49.5 Å². The first-order valence-corrected chi connectivity index (χ1v) is 9.43. The zero-order chi connectivity index (χ0) is 17.0. The summed E-state index contributed by atoms with van der Waals surface area (Å²) in [4.78, 5) is 9.70. The number of nitrogens with zero attached hydrogens (tertiary/aromatic N) is 4. The first-order chi connectivity index (χ1) is 12.2. The van der Waals surface area contributed by atoms with E-state index in [1.807, 2.05) is 24.7 Å². The molecule has 0 saturated carbocycles. The quantitative estimate of drug-likeness (QED) is 0.932. The van der Waals surface area contributed by atoms with Crippen molar-refractivity contribution in [3.63, 3.8) is 0 Å². The molecule has 0 amide bonds. The number of benzene rings is 1. The predicted octanol–water partition coefficient (Wildman–Crippen LogP) is 2.19. The fraction of sp³-hybridized carbons (Fsp3) is 0.550. The first kappa shape index (κ1) is 15.4. The Morgan fingerprint density at radius 2 is 2.04 bits per heavy atom. The molecule has 132 valence electrons. The molecular formula is C20H26N4O. The van der Waals surface area contributed by atoms with Crippen molar-refractivity contribution in [1.29, 1.82) is 0 Å². The van der Waals surface area contributed by atoms with E-state index < -0.39 is 0 Å². The number of piperidine rings is 3. The lowest BCUT2D eigenvalue weighted by Crippen LogP contribution is -2.60. The molecule has 1 N–H and O–H groups in total. The molecule has 0 spiro atoms. The van der Waals surface area contributed by atoms with Crippen LogP contribution in [0.4, 0.5) is 0 Å². The van der Waals surface area contributed by atoms with Gasteiger partial charge in [0.25, 0.3) is 0 Å². The minimum absolute atomic E-state index is 0.384. The van der Waals surface area contributed by atoms with Crippen molar-refractivity contribution in [2.24, 2.45) is 13.0 Å². The zero-order valence-corrected chi connectivity index (χ0v) is 14.8. The first-order valence-electron chi connectivity index (χ1n) is 9.43. The molecule has 25 heavy (non-hydrogen) atoms. The molecule has 3 atom stereocenters. The summed E-state index contributed by atoms with van der Waals surface area (Å²) in [7, 11) is 2.08. The second-order valence-corrected chi connectivity index (χ2v) is 7.98. The summed E-state index contributed by atoms with van der Waals surface area (Å²) in [5.41, 5.74) is 2.57. The molecule has 4 fully saturated rings. The number of aryl methyl sites for hydroxylation is 1. The molecule has 5 heterocycles. The molecule has 0 radical (unpaired) electrons. The smallest absolute Gasteiger partial charge is 0.115 e. The number of hydrogen-bond donors (Lipinski definition) is 1. The molecule has 0 unspecified atom stereocenters. The highest BCUT2D eigenvalue weighted by molar-refractivity contribution is 5.33. The molecule has 4 aliphatic rings. The van der Waals surface area contributed by atoms with E-state index in [0.717, 1.165) is 19.0 Å². The van der Waals surface area contributed by atoms with E-state index in [1.54, 1.807) is 6.07 Å². The number of phenols is 1. The molecule has 0 aliphatic carbocycles. The van der Waals surface area contributed by atoms with Crippen LogP contribution in [0.2, 0.25) is 0 Å². The van der Waals surface area contributed by atoms with Crippen molar-refractivity contribution in [2.75, 3.05) is 19.6 Å². The van der Waals surface area contributed by atoms with Gasteiger partial charge in [-0.2, -0.15) is 0 Å². The summed E-state index contributed by atoms with van der Waals surface area (Å²) in [5.74, 6) is 1.68. The predicted molar refractivity (Wildman–Crippen MR) is 96.3 cm³/mol. The van der Waals surface area contributed by atoms with E-state index in [-0.39, 0.29) is 0 Å². The molecular weight excluding hydrogens is 312 g/mol. The third-order valence-electron chi connectivity index (χ3n) is 6.67. The molecule has 1 aromatic heterocycles. The highest BCUT2D eigenvalue weighted by atomic mass is 16.3. The van der Waals surface area contributed by atoms with Crippen molar-refractivity contribution in [3.05, 3.63) is 48.0 Å². The van der Waals surface area contributed by atoms with Gasteiger partial charge in [0.05, 0.1) is 12.0 Å². The molecule has 5 heteroatoms. The van der Waals surface area contributed by atoms with E-state index in [0.29, 0.717) is 23.8 Å². The highest BCUT2D eigenvalue weighted by Gasteiger charge is 2.53. The van der Waals surface area contributed by atoms with Crippen LogP contribution in [0.1, 0.15) is 30.0 Å². The number of fused-ring (bicyclic) bond motifs is 2. The number of likely N-dealkylation sites (tertiary alicyclic amines) is 1. The fourth-order valence-corrected chi connectivity index (χ4v) is 5.52. The van der Waals surface area contributed by atoms with E-state index >= 15 is 0 Å². The Labute approximate surface area is 148 Å². The molecule has 2 aromatic rings. The lowest BCUT2D eigenvalue weighted by Gasteiger charge is -2.51. The number of imidazole rings is 1. The van der Waals surface area contributed by atoms with Crippen LogP contribution in [0, 0.1) is 5.92 Å². The van der Waals surface area contributed by atoms with Gasteiger partial charge < -0.3 is 9.67 Å². The Hall–Kier alpha value is -1.85. The minimum Gasteiger partial charge on any atom is -0.508 e. The van der Waals surface area contributed by atoms with Crippen LogP contribution in [0.25, 0.3) is 0 Å². The zero-order valence-electron chi connectivity index (χ0n) is 14.8. The Morgan fingerprint density at radius 1 is 1.20 bits per heavy atom. The van der Waals surface area contributed by atoms with Crippen molar-refractivity contribution in [2.45, 2.75) is 37.4 Å². The fourth-order valence-electron chi connectivity index (χ4n) is 5.52. The third kappa shape index (κ3) is 2.49. The number of rotatable bonds is 3. The minimum atomic E-state index is 0.384. The van der Waals surface area contributed by atoms with Gasteiger partial charge in [-0.1, -0.05) is 12.1 Å². The van der Waals surface area contributed by atoms with E-state index in [2.05, 4.69) is 32.5 Å². The van der Waals surface area contributed by atoms with Crippen LogP contribution >= 0.6 is 0 Å². The normalized spacial score (nSPS) is 34.4. The maximum Gasteiger partial charge on any atom is 0.115 e. The van der Waals surface area contributed by atoms with Crippen molar-refractivity contribution < 1.29 is 5.11 Å². The standard InChI is InChI=1S/C20H26N4O/c1-22-13-21-10-16(22)11-24-12-18(15-3-2-4-17(25)9-15)20-19(24)14-5-7-23(20)8-6-14/h2-4,9-10,13-14,18-20,25H,5-8,11-12H2,1H3/t18-,19+,20+/m1/s1. The van der Waals surface area contributed by atoms with Crippen LogP contribution < -0.4 is 0 Å². The van der Waals surface area contributed by atoms with Crippen LogP contribution in [0.5, 0.6) is 5.75 Å². The second-order valence-electron chi connectivity index (χ2n) is 7.98. The van der Waals surface area contributed by atoms with Crippen LogP contribution in [0.15, 0.2) is 36.8 Å². The van der Waals surface area contributed by atoms with Gasteiger partial charge >= 0.3 is 0 Å². The van der Waals surface area contributed by atoms with Gasteiger partial charge in [0.15, 0.2) is 0 Å². The van der Waals surface area contributed by atoms with Gasteiger partial charge in [-0.15, -0.1) is 0 Å². The SMILES string of the molecule is Cn1cncc1CN1C[C@H](c2cccc(O)c2)[C@H]2[C@@H]1C1CCN2CC1. The summed E-state index contributed by atoms with van der Waals surface area (Å²) >= 11 is 0. The summed E-state index contributed by atoms with van der Waals surface area (Å²) in [6, 6.07) is 9.14. The molecule has 2 bridgehead atoms. The average molecular weight is 338 g/mol. The monoisotopic (exact) mass is 338 g/mol. The Morgan fingerprint density at radius 3 is 2.76 bits per heavy atom. The Balaban J connectivity index is 1.50. The summed E-state index contributed by atoms with van der Waals surface area (Å²) in [5, 5.41) is 9.97. The maximum atomic E-state index is 9.97. The topological polar surface area (TPSA) is 44.5 Å². The van der Waals surface area contributed by atoms with Gasteiger partial charge in [0.1, 0.15) is 5.75 Å². The second kappa shape index (κ2) is 5.85. The van der Waals surface area contributed by atoms with Gasteiger partial charge in [0, 0.05) is 44.3 Å². The van der Waals surface area contributed by atoms with Crippen LogP contribution in [-0.4, -0.2) is 56.2 Å². The van der Waals surface area contributed by atoms with Crippen molar-refractivity contribution in [3.8, 4) is 5.75 Å². The molecule has 4 aliphatic heterocycles. The Bertz CT molecular complexity index is 765. The number of phenolic OH excluding ortho intramolecular Hbond substituents is 1. The highest BCUT2D eigenvalue weighted by Crippen LogP contribution is 2.47. The largest absolute Gasteiger partial charge is 0.508 e. The molecule has 5 nitrogen and oxygen atoms in total. The average Bonchev–Trinajstić information content (AvgIpc) is 3.22. The van der Waals surface area contributed by atoms with Crippen LogP contribution in [-0.2, 0) is 13.6 Å². The maximum absolute atomic E-state index is 9.97. The molecule has 1 aromatic carbocycles. The van der Waals surface area contributed by atoms with Gasteiger partial charge in [-0.25, -0.2) is 4.98 Å². The van der Waals surface area contributed by atoms with E-state index in [4.69, 9.17) is 0 Å². The van der Waals surface area contributed by atoms with Crippen LogP contribution in [0.3, 0.4) is 0 Å². The Kier molecular flexibility index (Phi) is 3.61.